The molecule has 2 aromatic carbocycles. The van der Waals surface area contributed by atoms with Gasteiger partial charge >= 0.3 is 0 Å². The molecule has 17 heavy (non-hydrogen) atoms. The van der Waals surface area contributed by atoms with E-state index < -0.39 is 0 Å². The molecule has 0 saturated carbocycles. The topological polar surface area (TPSA) is 32.3 Å². The van der Waals surface area contributed by atoms with Gasteiger partial charge in [-0.2, -0.15) is 0 Å². The van der Waals surface area contributed by atoms with Gasteiger partial charge in [-0.3, -0.25) is 0 Å². The van der Waals surface area contributed by atoms with Crippen LogP contribution < -0.4 is 5.32 Å². The first-order valence-electron chi connectivity index (χ1n) is 5.91. The normalized spacial score (nSPS) is 10.2. The molecular weight excluding hydrogens is 210 g/mol. The summed E-state index contributed by atoms with van der Waals surface area (Å²) < 4.78 is 0. The number of para-hydroxylation sites is 1. The van der Waals surface area contributed by atoms with E-state index in [-0.39, 0.29) is 6.61 Å². The zero-order chi connectivity index (χ0) is 11.9. The molecule has 0 amide bonds. The Hall–Kier alpha value is -1.80. The molecule has 0 aromatic heterocycles. The van der Waals surface area contributed by atoms with Gasteiger partial charge in [0.2, 0.25) is 0 Å². The van der Waals surface area contributed by atoms with Crippen LogP contribution in [0, 0.1) is 0 Å². The summed E-state index contributed by atoms with van der Waals surface area (Å²) in [6, 6.07) is 18.5. The van der Waals surface area contributed by atoms with E-state index in [0.717, 1.165) is 18.7 Å². The molecule has 0 aliphatic rings. The van der Waals surface area contributed by atoms with Crippen LogP contribution in [0.25, 0.3) is 11.1 Å². The van der Waals surface area contributed by atoms with Gasteiger partial charge in [0.25, 0.3) is 0 Å². The smallest absolute Gasteiger partial charge is 0.0447 e. The molecule has 2 aromatic rings. The molecule has 0 fully saturated rings. The minimum atomic E-state index is 0.223. The second-order valence-electron chi connectivity index (χ2n) is 3.92. The first-order valence-corrected chi connectivity index (χ1v) is 5.91. The second kappa shape index (κ2) is 6.06. The van der Waals surface area contributed by atoms with Crippen molar-refractivity contribution in [2.24, 2.45) is 0 Å². The van der Waals surface area contributed by atoms with E-state index in [2.05, 4.69) is 29.6 Å². The SMILES string of the molecule is OCCCNc1ccccc1-c1ccccc1. The lowest BCUT2D eigenvalue weighted by Gasteiger charge is -2.11. The first kappa shape index (κ1) is 11.7. The quantitative estimate of drug-likeness (QED) is 0.769. The predicted molar refractivity (Wildman–Crippen MR) is 72.1 cm³/mol. The van der Waals surface area contributed by atoms with Gasteiger partial charge in [-0.25, -0.2) is 0 Å². The first-order chi connectivity index (χ1) is 8.42. The number of anilines is 1. The fourth-order valence-electron chi connectivity index (χ4n) is 1.81. The average molecular weight is 227 g/mol. The molecule has 0 heterocycles. The maximum Gasteiger partial charge on any atom is 0.0447 e. The lowest BCUT2D eigenvalue weighted by molar-refractivity contribution is 0.292. The number of hydrogen-bond donors (Lipinski definition) is 2. The van der Waals surface area contributed by atoms with Crippen molar-refractivity contribution in [2.45, 2.75) is 6.42 Å². The standard InChI is InChI=1S/C15H17NO/c17-12-6-11-16-15-10-5-4-9-14(15)13-7-2-1-3-8-13/h1-5,7-10,16-17H,6,11-12H2. The molecule has 2 nitrogen and oxygen atoms in total. The van der Waals surface area contributed by atoms with Crippen LogP contribution >= 0.6 is 0 Å². The summed E-state index contributed by atoms with van der Waals surface area (Å²) in [5.74, 6) is 0. The van der Waals surface area contributed by atoms with E-state index in [0.29, 0.717) is 0 Å². The van der Waals surface area contributed by atoms with Crippen molar-refractivity contribution in [1.82, 2.24) is 0 Å². The van der Waals surface area contributed by atoms with E-state index in [1.807, 2.05) is 30.3 Å². The van der Waals surface area contributed by atoms with Gasteiger partial charge < -0.3 is 10.4 Å². The van der Waals surface area contributed by atoms with Gasteiger partial charge in [-0.1, -0.05) is 48.5 Å². The number of benzene rings is 2. The Kier molecular flexibility index (Phi) is 4.17. The lowest BCUT2D eigenvalue weighted by atomic mass is 10.0. The Morgan fingerprint density at radius 3 is 2.35 bits per heavy atom. The highest BCUT2D eigenvalue weighted by Crippen LogP contribution is 2.27. The lowest BCUT2D eigenvalue weighted by Crippen LogP contribution is -2.04. The number of hydrogen-bond acceptors (Lipinski definition) is 2. The van der Waals surface area contributed by atoms with Gasteiger partial charge in [0, 0.05) is 24.4 Å². The van der Waals surface area contributed by atoms with Crippen LogP contribution in [0.4, 0.5) is 5.69 Å². The zero-order valence-corrected chi connectivity index (χ0v) is 9.76. The molecule has 2 heteroatoms. The summed E-state index contributed by atoms with van der Waals surface area (Å²) in [5, 5.41) is 12.1. The van der Waals surface area contributed by atoms with Crippen LogP contribution in [-0.4, -0.2) is 18.3 Å². The minimum Gasteiger partial charge on any atom is -0.396 e. The maximum atomic E-state index is 8.79. The van der Waals surface area contributed by atoms with Crippen molar-refractivity contribution in [3.8, 4) is 11.1 Å². The fraction of sp³-hybridized carbons (Fsp3) is 0.200. The van der Waals surface area contributed by atoms with Crippen LogP contribution in [0.1, 0.15) is 6.42 Å². The molecular formula is C15H17NO. The van der Waals surface area contributed by atoms with E-state index in [1.165, 1.54) is 11.1 Å². The van der Waals surface area contributed by atoms with Crippen molar-refractivity contribution < 1.29 is 5.11 Å². The molecule has 0 spiro atoms. The van der Waals surface area contributed by atoms with Crippen LogP contribution in [0.15, 0.2) is 54.6 Å². The molecule has 0 aliphatic carbocycles. The third-order valence-electron chi connectivity index (χ3n) is 2.66. The molecule has 0 bridgehead atoms. The molecule has 2 rings (SSSR count). The molecule has 0 aliphatic heterocycles. The maximum absolute atomic E-state index is 8.79. The predicted octanol–water partition coefficient (Wildman–Crippen LogP) is 3.15. The Bertz CT molecular complexity index is 453. The van der Waals surface area contributed by atoms with Gasteiger partial charge in [-0.15, -0.1) is 0 Å². The van der Waals surface area contributed by atoms with Crippen LogP contribution in [0.2, 0.25) is 0 Å². The summed E-state index contributed by atoms with van der Waals surface area (Å²) in [6.45, 7) is 1.01. The van der Waals surface area contributed by atoms with Gasteiger partial charge in [0.05, 0.1) is 0 Å². The zero-order valence-electron chi connectivity index (χ0n) is 9.76. The summed E-state index contributed by atoms with van der Waals surface area (Å²) >= 11 is 0. The Morgan fingerprint density at radius 2 is 1.59 bits per heavy atom. The molecule has 0 unspecified atom stereocenters. The van der Waals surface area contributed by atoms with E-state index >= 15 is 0 Å². The Morgan fingerprint density at radius 1 is 0.882 bits per heavy atom. The number of rotatable bonds is 5. The van der Waals surface area contributed by atoms with Crippen molar-refractivity contribution >= 4 is 5.69 Å². The van der Waals surface area contributed by atoms with Crippen LogP contribution in [0.5, 0.6) is 0 Å². The Balaban J connectivity index is 2.22. The van der Waals surface area contributed by atoms with Gasteiger partial charge in [0.1, 0.15) is 0 Å². The number of nitrogens with one attached hydrogen (secondary N) is 1. The van der Waals surface area contributed by atoms with E-state index in [9.17, 15) is 0 Å². The van der Waals surface area contributed by atoms with Gasteiger partial charge in [0.15, 0.2) is 0 Å². The largest absolute Gasteiger partial charge is 0.396 e. The highest BCUT2D eigenvalue weighted by Gasteiger charge is 2.02. The highest BCUT2D eigenvalue weighted by atomic mass is 16.3. The summed E-state index contributed by atoms with van der Waals surface area (Å²) in [7, 11) is 0. The molecule has 2 N–H and O–H groups in total. The van der Waals surface area contributed by atoms with Crippen LogP contribution in [0.3, 0.4) is 0 Å². The summed E-state index contributed by atoms with van der Waals surface area (Å²) in [4.78, 5) is 0. The van der Waals surface area contributed by atoms with E-state index in [1.54, 1.807) is 0 Å². The molecule has 0 atom stereocenters. The third kappa shape index (κ3) is 3.08. The van der Waals surface area contributed by atoms with Crippen molar-refractivity contribution in [1.29, 1.82) is 0 Å². The van der Waals surface area contributed by atoms with Crippen molar-refractivity contribution in [2.75, 3.05) is 18.5 Å². The number of aliphatic hydroxyl groups excluding tert-OH is 1. The third-order valence-corrected chi connectivity index (χ3v) is 2.66. The Labute approximate surface area is 102 Å². The molecule has 0 radical (unpaired) electrons. The van der Waals surface area contributed by atoms with Crippen molar-refractivity contribution in [3.05, 3.63) is 54.6 Å². The second-order valence-corrected chi connectivity index (χ2v) is 3.92. The van der Waals surface area contributed by atoms with Crippen LogP contribution in [-0.2, 0) is 0 Å². The number of aliphatic hydroxyl groups is 1. The van der Waals surface area contributed by atoms with Crippen molar-refractivity contribution in [3.63, 3.8) is 0 Å². The molecule has 0 saturated heterocycles. The molecule has 88 valence electrons. The average Bonchev–Trinajstić information content (AvgIpc) is 2.41. The minimum absolute atomic E-state index is 0.223. The van der Waals surface area contributed by atoms with Gasteiger partial charge in [-0.05, 0) is 18.1 Å². The van der Waals surface area contributed by atoms with E-state index in [4.69, 9.17) is 5.11 Å². The summed E-state index contributed by atoms with van der Waals surface area (Å²) in [6.07, 6.45) is 0.767. The highest BCUT2D eigenvalue weighted by molar-refractivity contribution is 5.77. The monoisotopic (exact) mass is 227 g/mol. The fourth-order valence-corrected chi connectivity index (χ4v) is 1.81. The summed E-state index contributed by atoms with van der Waals surface area (Å²) in [5.41, 5.74) is 3.53.